The van der Waals surface area contributed by atoms with Crippen molar-refractivity contribution in [3.63, 3.8) is 0 Å². The van der Waals surface area contributed by atoms with Crippen molar-refractivity contribution in [1.29, 1.82) is 5.26 Å². The van der Waals surface area contributed by atoms with Gasteiger partial charge in [0.25, 0.3) is 0 Å². The van der Waals surface area contributed by atoms with E-state index < -0.39 is 0 Å². The lowest BCUT2D eigenvalue weighted by Gasteiger charge is -2.12. The monoisotopic (exact) mass is 284 g/mol. The van der Waals surface area contributed by atoms with Crippen LogP contribution in [0.3, 0.4) is 0 Å². The van der Waals surface area contributed by atoms with Gasteiger partial charge in [0.15, 0.2) is 10.3 Å². The lowest BCUT2D eigenvalue weighted by molar-refractivity contribution is 0.741. The molecule has 0 saturated heterocycles. The van der Waals surface area contributed by atoms with Crippen LogP contribution in [0.25, 0.3) is 0 Å². The van der Waals surface area contributed by atoms with Crippen molar-refractivity contribution < 1.29 is 0 Å². The molecule has 0 aliphatic heterocycles. The Morgan fingerprint density at radius 2 is 2.47 bits per heavy atom. The molecule has 88 valence electrons. The molecule has 2 heterocycles. The molecule has 0 fully saturated rings. The lowest BCUT2D eigenvalue weighted by Crippen LogP contribution is -2.08. The van der Waals surface area contributed by atoms with Gasteiger partial charge in [-0.15, -0.1) is 11.3 Å². The highest BCUT2D eigenvalue weighted by Gasteiger charge is 2.15. The van der Waals surface area contributed by atoms with E-state index >= 15 is 0 Å². The van der Waals surface area contributed by atoms with Gasteiger partial charge in [-0.05, 0) is 6.42 Å². The molecule has 0 bridgehead atoms. The quantitative estimate of drug-likeness (QED) is 0.930. The summed E-state index contributed by atoms with van der Waals surface area (Å²) >= 11 is 8.68. The Labute approximate surface area is 112 Å². The van der Waals surface area contributed by atoms with E-state index in [4.69, 9.17) is 16.9 Å². The standard InChI is InChI=1S/C10H9ClN4S2/c1-2-6(9-13-3-4-16-9)14-10-15-8(11)7(5-12)17-10/h3-4,6H,2H2,1H3,(H,14,15). The Balaban J connectivity index is 2.16. The molecular formula is C10H9ClN4S2. The molecular weight excluding hydrogens is 276 g/mol. The van der Waals surface area contributed by atoms with Gasteiger partial charge in [0, 0.05) is 11.6 Å². The Hall–Kier alpha value is -1.16. The molecule has 0 aliphatic carbocycles. The first kappa shape index (κ1) is 12.3. The number of hydrogen-bond donors (Lipinski definition) is 1. The maximum atomic E-state index is 8.80. The van der Waals surface area contributed by atoms with E-state index in [9.17, 15) is 0 Å². The number of aromatic nitrogens is 2. The molecule has 0 saturated carbocycles. The van der Waals surface area contributed by atoms with E-state index in [2.05, 4.69) is 22.2 Å². The average molecular weight is 285 g/mol. The molecule has 1 unspecified atom stereocenters. The summed E-state index contributed by atoms with van der Waals surface area (Å²) in [6.07, 6.45) is 2.67. The van der Waals surface area contributed by atoms with Crippen LogP contribution in [-0.2, 0) is 0 Å². The summed E-state index contributed by atoms with van der Waals surface area (Å²) < 4.78 is 0. The normalized spacial score (nSPS) is 12.1. The van der Waals surface area contributed by atoms with E-state index in [0.29, 0.717) is 10.0 Å². The number of thiazole rings is 2. The maximum absolute atomic E-state index is 8.80. The zero-order chi connectivity index (χ0) is 12.3. The molecule has 4 nitrogen and oxygen atoms in total. The molecule has 2 rings (SSSR count). The molecule has 7 heteroatoms. The SMILES string of the molecule is CCC(Nc1nc(Cl)c(C#N)s1)c1nccs1. The Morgan fingerprint density at radius 1 is 1.65 bits per heavy atom. The summed E-state index contributed by atoms with van der Waals surface area (Å²) in [6, 6.07) is 2.13. The average Bonchev–Trinajstić information content (AvgIpc) is 2.95. The van der Waals surface area contributed by atoms with Crippen LogP contribution >= 0.6 is 34.3 Å². The van der Waals surface area contributed by atoms with Gasteiger partial charge in [-0.25, -0.2) is 9.97 Å². The number of nitriles is 1. The summed E-state index contributed by atoms with van der Waals surface area (Å²) in [5.41, 5.74) is 0. The van der Waals surface area contributed by atoms with Crippen LogP contribution in [0.1, 0.15) is 29.3 Å². The first-order valence-electron chi connectivity index (χ1n) is 4.97. The molecule has 0 amide bonds. The summed E-state index contributed by atoms with van der Waals surface area (Å²) in [5.74, 6) is 0. The molecule has 0 spiro atoms. The summed E-state index contributed by atoms with van der Waals surface area (Å²) in [5, 5.41) is 15.9. The van der Waals surface area contributed by atoms with Crippen LogP contribution in [0, 0.1) is 11.3 Å². The number of hydrogen-bond acceptors (Lipinski definition) is 6. The van der Waals surface area contributed by atoms with Gasteiger partial charge in [-0.1, -0.05) is 29.9 Å². The number of halogens is 1. The number of nitrogens with one attached hydrogen (secondary N) is 1. The van der Waals surface area contributed by atoms with Crippen molar-refractivity contribution in [2.24, 2.45) is 0 Å². The lowest BCUT2D eigenvalue weighted by atomic mass is 10.2. The van der Waals surface area contributed by atoms with Crippen LogP contribution in [-0.4, -0.2) is 9.97 Å². The molecule has 0 radical (unpaired) electrons. The fourth-order valence-corrected chi connectivity index (χ4v) is 3.10. The Kier molecular flexibility index (Phi) is 3.94. The predicted molar refractivity (Wildman–Crippen MR) is 70.6 cm³/mol. The molecule has 1 atom stereocenters. The van der Waals surface area contributed by atoms with Gasteiger partial charge in [0.05, 0.1) is 6.04 Å². The highest BCUT2D eigenvalue weighted by atomic mass is 35.5. The minimum atomic E-state index is 0.115. The first-order chi connectivity index (χ1) is 8.24. The van der Waals surface area contributed by atoms with E-state index in [1.54, 1.807) is 17.5 Å². The summed E-state index contributed by atoms with van der Waals surface area (Å²) in [4.78, 5) is 8.81. The predicted octanol–water partition coefficient (Wildman–Crippen LogP) is 3.69. The van der Waals surface area contributed by atoms with Crippen molar-refractivity contribution in [3.8, 4) is 6.07 Å². The highest BCUT2D eigenvalue weighted by molar-refractivity contribution is 7.16. The molecule has 2 aromatic rings. The van der Waals surface area contributed by atoms with Crippen molar-refractivity contribution in [2.75, 3.05) is 5.32 Å². The van der Waals surface area contributed by atoms with Crippen molar-refractivity contribution >= 4 is 39.4 Å². The largest absolute Gasteiger partial charge is 0.352 e. The molecule has 0 aromatic carbocycles. The molecule has 0 aliphatic rings. The van der Waals surface area contributed by atoms with Crippen molar-refractivity contribution in [2.45, 2.75) is 19.4 Å². The Morgan fingerprint density at radius 3 is 3.00 bits per heavy atom. The van der Waals surface area contributed by atoms with Gasteiger partial charge < -0.3 is 5.32 Å². The van der Waals surface area contributed by atoms with E-state index in [1.165, 1.54) is 11.3 Å². The van der Waals surface area contributed by atoms with Gasteiger partial charge in [-0.3, -0.25) is 0 Å². The van der Waals surface area contributed by atoms with Crippen LogP contribution in [0.15, 0.2) is 11.6 Å². The maximum Gasteiger partial charge on any atom is 0.185 e. The minimum absolute atomic E-state index is 0.115. The smallest absolute Gasteiger partial charge is 0.185 e. The zero-order valence-corrected chi connectivity index (χ0v) is 11.4. The fourth-order valence-electron chi connectivity index (χ4n) is 1.33. The molecule has 1 N–H and O–H groups in total. The van der Waals surface area contributed by atoms with Crippen molar-refractivity contribution in [1.82, 2.24) is 9.97 Å². The van der Waals surface area contributed by atoms with Gasteiger partial charge in [0.2, 0.25) is 0 Å². The van der Waals surface area contributed by atoms with Crippen molar-refractivity contribution in [3.05, 3.63) is 26.6 Å². The van der Waals surface area contributed by atoms with Crippen LogP contribution in [0.4, 0.5) is 5.13 Å². The fraction of sp³-hybridized carbons (Fsp3) is 0.300. The molecule has 2 aromatic heterocycles. The van der Waals surface area contributed by atoms with E-state index in [-0.39, 0.29) is 11.2 Å². The third kappa shape index (κ3) is 2.75. The van der Waals surface area contributed by atoms with Crippen LogP contribution in [0.5, 0.6) is 0 Å². The zero-order valence-electron chi connectivity index (χ0n) is 8.98. The van der Waals surface area contributed by atoms with E-state index in [0.717, 1.165) is 11.4 Å². The number of anilines is 1. The molecule has 17 heavy (non-hydrogen) atoms. The summed E-state index contributed by atoms with van der Waals surface area (Å²) in [7, 11) is 0. The third-order valence-corrected chi connectivity index (χ3v) is 4.31. The second-order valence-electron chi connectivity index (χ2n) is 3.23. The second-order valence-corrected chi connectivity index (χ2v) is 5.51. The minimum Gasteiger partial charge on any atom is -0.352 e. The topological polar surface area (TPSA) is 61.6 Å². The highest BCUT2D eigenvalue weighted by Crippen LogP contribution is 2.30. The second kappa shape index (κ2) is 5.45. The first-order valence-corrected chi connectivity index (χ1v) is 7.04. The summed E-state index contributed by atoms with van der Waals surface area (Å²) in [6.45, 7) is 2.07. The van der Waals surface area contributed by atoms with Gasteiger partial charge >= 0.3 is 0 Å². The number of rotatable bonds is 4. The third-order valence-electron chi connectivity index (χ3n) is 2.14. The van der Waals surface area contributed by atoms with Gasteiger partial charge in [0.1, 0.15) is 16.0 Å². The Bertz CT molecular complexity index is 529. The van der Waals surface area contributed by atoms with E-state index in [1.807, 2.05) is 11.4 Å². The van der Waals surface area contributed by atoms with Crippen LogP contribution < -0.4 is 5.32 Å². The number of nitrogens with zero attached hydrogens (tertiary/aromatic N) is 3. The van der Waals surface area contributed by atoms with Crippen LogP contribution in [0.2, 0.25) is 5.15 Å². The van der Waals surface area contributed by atoms with Gasteiger partial charge in [-0.2, -0.15) is 5.26 Å².